The summed E-state index contributed by atoms with van der Waals surface area (Å²) in [6, 6.07) is 5.60. The predicted octanol–water partition coefficient (Wildman–Crippen LogP) is 2.02. The Morgan fingerprint density at radius 2 is 1.90 bits per heavy atom. The quantitative estimate of drug-likeness (QED) is 0.839. The molecule has 0 unspecified atom stereocenters. The molecular weight excluding hydrogens is 288 g/mol. The van der Waals surface area contributed by atoms with Crippen LogP contribution in [0.1, 0.15) is 12.1 Å². The maximum atomic E-state index is 5.65. The number of hydrogen-bond acceptors (Lipinski definition) is 6. The molecule has 1 aromatic heterocycles. The third-order valence-corrected chi connectivity index (χ3v) is 3.14. The standard InChI is InChI=1S/C14H14N4O2S/c15-13(21)12-14(17-5-4-16-12)18-9-2-3-10-11(8-9)20-7-1-6-19-10/h2-5,8H,1,6-7H2,(H2,15,21)(H,17,18). The monoisotopic (exact) mass is 302 g/mol. The maximum absolute atomic E-state index is 5.65. The molecule has 21 heavy (non-hydrogen) atoms. The van der Waals surface area contributed by atoms with E-state index in [0.717, 1.165) is 17.9 Å². The van der Waals surface area contributed by atoms with Crippen molar-refractivity contribution in [2.45, 2.75) is 6.42 Å². The molecule has 3 rings (SSSR count). The summed E-state index contributed by atoms with van der Waals surface area (Å²) in [7, 11) is 0. The average molecular weight is 302 g/mol. The highest BCUT2D eigenvalue weighted by atomic mass is 32.1. The van der Waals surface area contributed by atoms with Crippen LogP contribution in [0.2, 0.25) is 0 Å². The summed E-state index contributed by atoms with van der Waals surface area (Å²) < 4.78 is 11.2. The van der Waals surface area contributed by atoms with Gasteiger partial charge in [0, 0.05) is 30.6 Å². The van der Waals surface area contributed by atoms with E-state index >= 15 is 0 Å². The second kappa shape index (κ2) is 5.92. The molecule has 0 saturated heterocycles. The molecule has 0 atom stereocenters. The number of nitrogens with one attached hydrogen (secondary N) is 1. The van der Waals surface area contributed by atoms with Crippen LogP contribution in [0, 0.1) is 0 Å². The first kappa shape index (κ1) is 13.6. The number of nitrogens with two attached hydrogens (primary N) is 1. The van der Waals surface area contributed by atoms with Crippen LogP contribution in [0.3, 0.4) is 0 Å². The molecule has 6 nitrogen and oxygen atoms in total. The van der Waals surface area contributed by atoms with Gasteiger partial charge in [-0.25, -0.2) is 9.97 Å². The van der Waals surface area contributed by atoms with Crippen molar-refractivity contribution in [3.8, 4) is 11.5 Å². The zero-order chi connectivity index (χ0) is 14.7. The maximum Gasteiger partial charge on any atom is 0.163 e. The minimum Gasteiger partial charge on any atom is -0.490 e. The third-order valence-electron chi connectivity index (χ3n) is 2.94. The van der Waals surface area contributed by atoms with Crippen molar-refractivity contribution in [3.63, 3.8) is 0 Å². The van der Waals surface area contributed by atoms with Crippen LogP contribution < -0.4 is 20.5 Å². The Bertz CT molecular complexity index is 678. The van der Waals surface area contributed by atoms with E-state index < -0.39 is 0 Å². The molecule has 0 bridgehead atoms. The van der Waals surface area contributed by atoms with Crippen molar-refractivity contribution < 1.29 is 9.47 Å². The molecule has 1 aromatic carbocycles. The van der Waals surface area contributed by atoms with E-state index in [2.05, 4.69) is 15.3 Å². The highest BCUT2D eigenvalue weighted by Crippen LogP contribution is 2.33. The Morgan fingerprint density at radius 1 is 1.14 bits per heavy atom. The molecule has 0 fully saturated rings. The third kappa shape index (κ3) is 3.03. The van der Waals surface area contributed by atoms with Crippen molar-refractivity contribution in [2.24, 2.45) is 5.73 Å². The second-order valence-corrected chi connectivity index (χ2v) is 4.89. The SMILES string of the molecule is NC(=S)c1nccnc1Nc1ccc2c(c1)OCCCO2. The predicted molar refractivity (Wildman–Crippen MR) is 83.3 cm³/mol. The molecule has 7 heteroatoms. The Hall–Kier alpha value is -2.41. The molecule has 3 N–H and O–H groups in total. The first-order valence-electron chi connectivity index (χ1n) is 6.51. The van der Waals surface area contributed by atoms with Crippen molar-refractivity contribution in [3.05, 3.63) is 36.3 Å². The zero-order valence-corrected chi connectivity index (χ0v) is 12.0. The fraction of sp³-hybridized carbons (Fsp3) is 0.214. The van der Waals surface area contributed by atoms with Gasteiger partial charge in [-0.2, -0.15) is 0 Å². The number of aromatic nitrogens is 2. The van der Waals surface area contributed by atoms with E-state index in [0.29, 0.717) is 30.5 Å². The smallest absolute Gasteiger partial charge is 0.163 e. The number of thiocarbonyl (C=S) groups is 1. The zero-order valence-electron chi connectivity index (χ0n) is 11.2. The molecule has 0 amide bonds. The molecule has 0 aliphatic carbocycles. The van der Waals surface area contributed by atoms with Crippen LogP contribution in [-0.2, 0) is 0 Å². The van der Waals surface area contributed by atoms with E-state index in [-0.39, 0.29) is 4.99 Å². The van der Waals surface area contributed by atoms with E-state index in [9.17, 15) is 0 Å². The summed E-state index contributed by atoms with van der Waals surface area (Å²) in [5.41, 5.74) is 6.90. The van der Waals surface area contributed by atoms with Crippen molar-refractivity contribution in [1.29, 1.82) is 0 Å². The lowest BCUT2D eigenvalue weighted by molar-refractivity contribution is 0.297. The van der Waals surface area contributed by atoms with Gasteiger partial charge in [-0.3, -0.25) is 0 Å². The largest absolute Gasteiger partial charge is 0.490 e. The summed E-state index contributed by atoms with van der Waals surface area (Å²) in [4.78, 5) is 8.54. The number of rotatable bonds is 3. The number of nitrogens with zero attached hydrogens (tertiary/aromatic N) is 2. The van der Waals surface area contributed by atoms with Gasteiger partial charge < -0.3 is 20.5 Å². The van der Waals surface area contributed by atoms with Crippen molar-refractivity contribution >= 4 is 28.7 Å². The van der Waals surface area contributed by atoms with E-state index in [1.165, 1.54) is 0 Å². The van der Waals surface area contributed by atoms with Gasteiger partial charge in [-0.1, -0.05) is 12.2 Å². The lowest BCUT2D eigenvalue weighted by atomic mass is 10.2. The molecule has 1 aliphatic heterocycles. The fourth-order valence-electron chi connectivity index (χ4n) is 1.99. The summed E-state index contributed by atoms with van der Waals surface area (Å²) in [6.07, 6.45) is 3.99. The van der Waals surface area contributed by atoms with Gasteiger partial charge >= 0.3 is 0 Å². The van der Waals surface area contributed by atoms with Gasteiger partial charge in [-0.05, 0) is 12.1 Å². The number of anilines is 2. The summed E-state index contributed by atoms with van der Waals surface area (Å²) in [5, 5.41) is 3.15. The summed E-state index contributed by atoms with van der Waals surface area (Å²) in [5.74, 6) is 1.96. The molecular formula is C14H14N4O2S. The Balaban J connectivity index is 1.89. The molecule has 0 saturated carbocycles. The normalized spacial score (nSPS) is 13.3. The highest BCUT2D eigenvalue weighted by molar-refractivity contribution is 7.80. The number of hydrogen-bond donors (Lipinski definition) is 2. The van der Waals surface area contributed by atoms with Crippen LogP contribution in [0.5, 0.6) is 11.5 Å². The fourth-order valence-corrected chi connectivity index (χ4v) is 2.14. The number of benzene rings is 1. The van der Waals surface area contributed by atoms with Gasteiger partial charge in [0.25, 0.3) is 0 Å². The lowest BCUT2D eigenvalue weighted by Gasteiger charge is -2.12. The Kier molecular flexibility index (Phi) is 3.83. The van der Waals surface area contributed by atoms with Crippen molar-refractivity contribution in [1.82, 2.24) is 9.97 Å². The van der Waals surface area contributed by atoms with Crippen LogP contribution in [0.4, 0.5) is 11.5 Å². The Morgan fingerprint density at radius 3 is 2.71 bits per heavy atom. The first-order chi connectivity index (χ1) is 10.2. The van der Waals surface area contributed by atoms with Gasteiger partial charge in [0.05, 0.1) is 13.2 Å². The number of fused-ring (bicyclic) bond motifs is 1. The topological polar surface area (TPSA) is 82.3 Å². The molecule has 0 radical (unpaired) electrons. The van der Waals surface area contributed by atoms with Gasteiger partial charge in [0.2, 0.25) is 0 Å². The van der Waals surface area contributed by atoms with E-state index in [1.54, 1.807) is 12.4 Å². The molecule has 108 valence electrons. The summed E-state index contributed by atoms with van der Waals surface area (Å²) in [6.45, 7) is 1.30. The molecule has 1 aliphatic rings. The van der Waals surface area contributed by atoms with Gasteiger partial charge in [0.15, 0.2) is 17.3 Å². The van der Waals surface area contributed by atoms with Gasteiger partial charge in [-0.15, -0.1) is 0 Å². The van der Waals surface area contributed by atoms with Crippen molar-refractivity contribution in [2.75, 3.05) is 18.5 Å². The molecule has 0 spiro atoms. The van der Waals surface area contributed by atoms with Crippen LogP contribution in [0.25, 0.3) is 0 Å². The Labute approximate surface area is 127 Å². The lowest BCUT2D eigenvalue weighted by Crippen LogP contribution is -2.14. The van der Waals surface area contributed by atoms with Crippen LogP contribution >= 0.6 is 12.2 Å². The molecule has 2 aromatic rings. The van der Waals surface area contributed by atoms with Crippen LogP contribution in [-0.4, -0.2) is 28.2 Å². The minimum atomic E-state index is 0.194. The average Bonchev–Trinajstić information content (AvgIpc) is 2.72. The van der Waals surface area contributed by atoms with Crippen LogP contribution in [0.15, 0.2) is 30.6 Å². The first-order valence-corrected chi connectivity index (χ1v) is 6.92. The molecule has 2 heterocycles. The van der Waals surface area contributed by atoms with E-state index in [1.807, 2.05) is 18.2 Å². The second-order valence-electron chi connectivity index (χ2n) is 4.45. The summed E-state index contributed by atoms with van der Waals surface area (Å²) >= 11 is 4.97. The number of ether oxygens (including phenoxy) is 2. The highest BCUT2D eigenvalue weighted by Gasteiger charge is 2.12. The minimum absolute atomic E-state index is 0.194. The van der Waals surface area contributed by atoms with E-state index in [4.69, 9.17) is 27.4 Å². The van der Waals surface area contributed by atoms with Gasteiger partial charge in [0.1, 0.15) is 10.7 Å².